The van der Waals surface area contributed by atoms with Gasteiger partial charge in [-0.15, -0.1) is 0 Å². The van der Waals surface area contributed by atoms with Crippen molar-refractivity contribution in [3.05, 3.63) is 54.4 Å². The summed E-state index contributed by atoms with van der Waals surface area (Å²) in [5, 5.41) is -0.467. The topological polar surface area (TPSA) is 76.6 Å². The van der Waals surface area contributed by atoms with E-state index in [1.54, 1.807) is 50.5 Å². The molecule has 2 heterocycles. The van der Waals surface area contributed by atoms with E-state index in [1.807, 2.05) is 17.0 Å². The van der Waals surface area contributed by atoms with Gasteiger partial charge in [0, 0.05) is 18.9 Å². The van der Waals surface area contributed by atoms with Gasteiger partial charge in [0.05, 0.1) is 23.1 Å². The molecule has 0 radical (unpaired) electrons. The Morgan fingerprint density at radius 3 is 2.50 bits per heavy atom. The molecule has 7 heteroatoms. The molecule has 0 aliphatic carbocycles. The lowest BCUT2D eigenvalue weighted by Crippen LogP contribution is -2.45. The molecule has 1 amide bonds. The lowest BCUT2D eigenvalue weighted by molar-refractivity contribution is -0.133. The van der Waals surface area contributed by atoms with Crippen molar-refractivity contribution in [1.82, 2.24) is 9.88 Å². The lowest BCUT2D eigenvalue weighted by Gasteiger charge is -2.33. The van der Waals surface area contributed by atoms with E-state index in [0.29, 0.717) is 11.4 Å². The first-order valence-electron chi connectivity index (χ1n) is 9.53. The summed E-state index contributed by atoms with van der Waals surface area (Å²) in [5.74, 6) is 0.791. The SMILES string of the molecule is CC(C)S(=O)(=O)c1ccc(CC(=O)N2CCC[C@H](Oc3ccncc3)C2)cc1. The van der Waals surface area contributed by atoms with Crippen LogP contribution in [-0.4, -0.2) is 48.7 Å². The fourth-order valence-corrected chi connectivity index (χ4v) is 4.29. The van der Waals surface area contributed by atoms with Gasteiger partial charge in [0.15, 0.2) is 9.84 Å². The summed E-state index contributed by atoms with van der Waals surface area (Å²) >= 11 is 0. The Hall–Kier alpha value is -2.41. The maximum absolute atomic E-state index is 12.7. The van der Waals surface area contributed by atoms with Crippen LogP contribution in [0.3, 0.4) is 0 Å². The van der Waals surface area contributed by atoms with Crippen LogP contribution in [0.1, 0.15) is 32.3 Å². The summed E-state index contributed by atoms with van der Waals surface area (Å²) in [4.78, 5) is 18.8. The van der Waals surface area contributed by atoms with Crippen LogP contribution in [0, 0.1) is 0 Å². The molecule has 1 aromatic heterocycles. The second-order valence-corrected chi connectivity index (χ2v) is 9.82. The van der Waals surface area contributed by atoms with E-state index in [1.165, 1.54) is 0 Å². The standard InChI is InChI=1S/C21H26N2O4S/c1-16(2)28(25,26)20-7-5-17(6-8-20)14-21(24)23-13-3-4-19(15-23)27-18-9-11-22-12-10-18/h5-12,16,19H,3-4,13-15H2,1-2H3/t19-/m0/s1. The summed E-state index contributed by atoms with van der Waals surface area (Å²) in [6, 6.07) is 10.2. The molecule has 0 spiro atoms. The van der Waals surface area contributed by atoms with E-state index in [0.717, 1.165) is 30.7 Å². The van der Waals surface area contributed by atoms with Gasteiger partial charge < -0.3 is 9.64 Å². The molecule has 1 aliphatic heterocycles. The van der Waals surface area contributed by atoms with Crippen LogP contribution in [0.4, 0.5) is 0 Å². The van der Waals surface area contributed by atoms with E-state index < -0.39 is 15.1 Å². The molecule has 6 nitrogen and oxygen atoms in total. The van der Waals surface area contributed by atoms with Gasteiger partial charge in [-0.05, 0) is 56.5 Å². The molecule has 3 rings (SSSR count). The highest BCUT2D eigenvalue weighted by Crippen LogP contribution is 2.20. The van der Waals surface area contributed by atoms with Crippen LogP contribution in [0.25, 0.3) is 0 Å². The smallest absolute Gasteiger partial charge is 0.227 e. The number of carbonyl (C=O) groups excluding carboxylic acids is 1. The van der Waals surface area contributed by atoms with Gasteiger partial charge in [0.2, 0.25) is 5.91 Å². The Morgan fingerprint density at radius 1 is 1.18 bits per heavy atom. The molecule has 1 saturated heterocycles. The van der Waals surface area contributed by atoms with Crippen LogP contribution in [-0.2, 0) is 21.1 Å². The molecule has 0 bridgehead atoms. The summed E-state index contributed by atoms with van der Waals surface area (Å²) in [6.07, 6.45) is 5.40. The highest BCUT2D eigenvalue weighted by atomic mass is 32.2. The van der Waals surface area contributed by atoms with Crippen molar-refractivity contribution in [2.24, 2.45) is 0 Å². The third-order valence-electron chi connectivity index (χ3n) is 4.91. The number of amides is 1. The molecule has 0 unspecified atom stereocenters. The predicted octanol–water partition coefficient (Wildman–Crippen LogP) is 2.88. The van der Waals surface area contributed by atoms with E-state index in [9.17, 15) is 13.2 Å². The predicted molar refractivity (Wildman–Crippen MR) is 107 cm³/mol. The number of hydrogen-bond donors (Lipinski definition) is 0. The maximum Gasteiger partial charge on any atom is 0.227 e. The van der Waals surface area contributed by atoms with Crippen LogP contribution in [0.15, 0.2) is 53.7 Å². The van der Waals surface area contributed by atoms with E-state index in [4.69, 9.17) is 4.74 Å². The largest absolute Gasteiger partial charge is 0.488 e. The number of carbonyl (C=O) groups is 1. The normalized spacial score (nSPS) is 17.5. The molecule has 150 valence electrons. The van der Waals surface area contributed by atoms with Crippen molar-refractivity contribution in [3.8, 4) is 5.75 Å². The fourth-order valence-electron chi connectivity index (χ4n) is 3.23. The zero-order valence-electron chi connectivity index (χ0n) is 16.2. The Labute approximate surface area is 166 Å². The highest BCUT2D eigenvalue weighted by molar-refractivity contribution is 7.92. The third-order valence-corrected chi connectivity index (χ3v) is 7.08. The summed E-state index contributed by atoms with van der Waals surface area (Å²) < 4.78 is 30.4. The van der Waals surface area contributed by atoms with E-state index in [2.05, 4.69) is 4.98 Å². The van der Waals surface area contributed by atoms with E-state index >= 15 is 0 Å². The van der Waals surface area contributed by atoms with Gasteiger partial charge in [0.25, 0.3) is 0 Å². The summed E-state index contributed by atoms with van der Waals surface area (Å²) in [6.45, 7) is 4.59. The molecule has 2 aromatic rings. The van der Waals surface area contributed by atoms with Crippen molar-refractivity contribution >= 4 is 15.7 Å². The van der Waals surface area contributed by atoms with E-state index in [-0.39, 0.29) is 18.4 Å². The van der Waals surface area contributed by atoms with Crippen molar-refractivity contribution in [2.45, 2.75) is 49.4 Å². The number of nitrogens with zero attached hydrogens (tertiary/aromatic N) is 2. The third kappa shape index (κ3) is 4.90. The molecule has 28 heavy (non-hydrogen) atoms. The Kier molecular flexibility index (Phi) is 6.34. The molecular formula is C21H26N2O4S. The lowest BCUT2D eigenvalue weighted by atomic mass is 10.1. The summed E-state index contributed by atoms with van der Waals surface area (Å²) in [5.41, 5.74) is 0.810. The number of hydrogen-bond acceptors (Lipinski definition) is 5. The van der Waals surface area contributed by atoms with Crippen LogP contribution in [0.2, 0.25) is 0 Å². The quantitative estimate of drug-likeness (QED) is 0.743. The first-order chi connectivity index (χ1) is 13.4. The first-order valence-corrected chi connectivity index (χ1v) is 11.1. The number of likely N-dealkylation sites (tertiary alicyclic amines) is 1. The molecule has 0 saturated carbocycles. The molecule has 1 atom stereocenters. The van der Waals surface area contributed by atoms with Crippen molar-refractivity contribution in [3.63, 3.8) is 0 Å². The molecule has 0 N–H and O–H groups in total. The molecule has 1 aromatic carbocycles. The Morgan fingerprint density at radius 2 is 1.86 bits per heavy atom. The van der Waals surface area contributed by atoms with Gasteiger partial charge in [-0.2, -0.15) is 0 Å². The number of piperidine rings is 1. The van der Waals surface area contributed by atoms with Crippen molar-refractivity contribution in [2.75, 3.05) is 13.1 Å². The molecule has 1 aliphatic rings. The van der Waals surface area contributed by atoms with Crippen LogP contribution < -0.4 is 4.74 Å². The summed E-state index contributed by atoms with van der Waals surface area (Å²) in [7, 11) is -3.30. The van der Waals surface area contributed by atoms with Crippen LogP contribution in [0.5, 0.6) is 5.75 Å². The minimum absolute atomic E-state index is 0.0290. The average Bonchev–Trinajstić information content (AvgIpc) is 2.69. The number of ether oxygens (including phenoxy) is 1. The Balaban J connectivity index is 1.59. The van der Waals surface area contributed by atoms with Gasteiger partial charge in [-0.25, -0.2) is 8.42 Å². The number of benzene rings is 1. The number of pyridine rings is 1. The van der Waals surface area contributed by atoms with Gasteiger partial charge >= 0.3 is 0 Å². The second kappa shape index (κ2) is 8.73. The monoisotopic (exact) mass is 402 g/mol. The molecular weight excluding hydrogens is 376 g/mol. The molecule has 1 fully saturated rings. The van der Waals surface area contributed by atoms with Gasteiger partial charge in [0.1, 0.15) is 11.9 Å². The van der Waals surface area contributed by atoms with Crippen molar-refractivity contribution in [1.29, 1.82) is 0 Å². The Bertz CT molecular complexity index is 896. The second-order valence-electron chi connectivity index (χ2n) is 7.32. The first kappa shape index (κ1) is 20.3. The van der Waals surface area contributed by atoms with Gasteiger partial charge in [-0.3, -0.25) is 9.78 Å². The zero-order valence-corrected chi connectivity index (χ0v) is 17.1. The zero-order chi connectivity index (χ0) is 20.1. The van der Waals surface area contributed by atoms with Crippen LogP contribution >= 0.6 is 0 Å². The minimum atomic E-state index is -3.30. The minimum Gasteiger partial charge on any atom is -0.488 e. The number of sulfone groups is 1. The number of aromatic nitrogens is 1. The highest BCUT2D eigenvalue weighted by Gasteiger charge is 2.25. The maximum atomic E-state index is 12.7. The average molecular weight is 403 g/mol. The fraction of sp³-hybridized carbons (Fsp3) is 0.429. The van der Waals surface area contributed by atoms with Gasteiger partial charge in [-0.1, -0.05) is 12.1 Å². The number of rotatable bonds is 6. The van der Waals surface area contributed by atoms with Crippen molar-refractivity contribution < 1.29 is 17.9 Å².